The summed E-state index contributed by atoms with van der Waals surface area (Å²) in [6, 6.07) is 4.61. The van der Waals surface area contributed by atoms with E-state index in [1.807, 2.05) is 0 Å². The van der Waals surface area contributed by atoms with Crippen LogP contribution < -0.4 is 5.32 Å². The minimum Gasteiger partial charge on any atom is -0.325 e. The SMILES string of the molecule is Cc1ccc(NC(=O)CSc2nncs2)cc1F. The summed E-state index contributed by atoms with van der Waals surface area (Å²) in [6.45, 7) is 1.67. The Morgan fingerprint density at radius 2 is 2.39 bits per heavy atom. The van der Waals surface area contributed by atoms with Gasteiger partial charge in [-0.05, 0) is 24.6 Å². The van der Waals surface area contributed by atoms with Crippen molar-refractivity contribution in [3.05, 3.63) is 35.1 Å². The average molecular weight is 283 g/mol. The van der Waals surface area contributed by atoms with Gasteiger partial charge in [0.05, 0.1) is 5.75 Å². The molecule has 0 atom stereocenters. The second-order valence-electron chi connectivity index (χ2n) is 3.51. The van der Waals surface area contributed by atoms with Crippen molar-refractivity contribution >= 4 is 34.7 Å². The Kier molecular flexibility index (Phi) is 4.27. The van der Waals surface area contributed by atoms with Gasteiger partial charge in [0.2, 0.25) is 5.91 Å². The van der Waals surface area contributed by atoms with Crippen LogP contribution in [0, 0.1) is 12.7 Å². The fourth-order valence-electron chi connectivity index (χ4n) is 1.22. The zero-order valence-corrected chi connectivity index (χ0v) is 11.1. The zero-order valence-electron chi connectivity index (χ0n) is 9.51. The summed E-state index contributed by atoms with van der Waals surface area (Å²) in [7, 11) is 0. The van der Waals surface area contributed by atoms with E-state index in [0.29, 0.717) is 11.3 Å². The van der Waals surface area contributed by atoms with Crippen LogP contribution >= 0.6 is 23.1 Å². The molecule has 0 saturated heterocycles. The molecule has 94 valence electrons. The molecule has 2 rings (SSSR count). The van der Waals surface area contributed by atoms with Gasteiger partial charge in [-0.2, -0.15) is 0 Å². The van der Waals surface area contributed by atoms with E-state index < -0.39 is 0 Å². The predicted molar refractivity (Wildman–Crippen MR) is 70.4 cm³/mol. The molecule has 1 aromatic heterocycles. The number of halogens is 1. The monoisotopic (exact) mass is 283 g/mol. The fourth-order valence-corrected chi connectivity index (χ4v) is 2.51. The topological polar surface area (TPSA) is 54.9 Å². The Labute approximate surface area is 112 Å². The maximum absolute atomic E-state index is 13.3. The second-order valence-corrected chi connectivity index (χ2v) is 5.56. The molecule has 18 heavy (non-hydrogen) atoms. The molecule has 7 heteroatoms. The van der Waals surface area contributed by atoms with Crippen molar-refractivity contribution in [1.82, 2.24) is 10.2 Å². The van der Waals surface area contributed by atoms with E-state index in [2.05, 4.69) is 15.5 Å². The number of thioether (sulfide) groups is 1. The Morgan fingerprint density at radius 1 is 1.56 bits per heavy atom. The quantitative estimate of drug-likeness (QED) is 0.877. The molecule has 0 unspecified atom stereocenters. The summed E-state index contributed by atoms with van der Waals surface area (Å²) in [5.74, 6) is -0.298. The van der Waals surface area contributed by atoms with Crippen molar-refractivity contribution in [2.75, 3.05) is 11.1 Å². The van der Waals surface area contributed by atoms with E-state index in [1.54, 1.807) is 24.6 Å². The van der Waals surface area contributed by atoms with Crippen molar-refractivity contribution in [3.63, 3.8) is 0 Å². The van der Waals surface area contributed by atoms with Crippen LogP contribution in [0.5, 0.6) is 0 Å². The van der Waals surface area contributed by atoms with Crippen molar-refractivity contribution < 1.29 is 9.18 Å². The Bertz CT molecular complexity index is 545. The van der Waals surface area contributed by atoms with Gasteiger partial charge in [0, 0.05) is 5.69 Å². The van der Waals surface area contributed by atoms with Crippen molar-refractivity contribution in [2.24, 2.45) is 0 Å². The first-order chi connectivity index (χ1) is 8.65. The molecule has 0 aliphatic carbocycles. The molecule has 0 radical (unpaired) electrons. The van der Waals surface area contributed by atoms with Gasteiger partial charge in [-0.15, -0.1) is 10.2 Å². The second kappa shape index (κ2) is 5.92. The Balaban J connectivity index is 1.88. The van der Waals surface area contributed by atoms with E-state index in [0.717, 1.165) is 4.34 Å². The maximum atomic E-state index is 13.3. The predicted octanol–water partition coefficient (Wildman–Crippen LogP) is 2.72. The lowest BCUT2D eigenvalue weighted by atomic mass is 10.2. The lowest BCUT2D eigenvalue weighted by Gasteiger charge is -2.05. The molecular formula is C11H10FN3OS2. The largest absolute Gasteiger partial charge is 0.325 e. The summed E-state index contributed by atoms with van der Waals surface area (Å²) in [5, 5.41) is 10.1. The van der Waals surface area contributed by atoms with E-state index in [4.69, 9.17) is 0 Å². The number of hydrogen-bond donors (Lipinski definition) is 1. The minimum absolute atomic E-state index is 0.196. The van der Waals surface area contributed by atoms with E-state index in [-0.39, 0.29) is 17.5 Å². The third-order valence-corrected chi connectivity index (χ3v) is 3.98. The van der Waals surface area contributed by atoms with E-state index in [1.165, 1.54) is 29.2 Å². The summed E-state index contributed by atoms with van der Waals surface area (Å²) in [6.07, 6.45) is 0. The highest BCUT2D eigenvalue weighted by molar-refractivity contribution is 8.01. The first kappa shape index (κ1) is 13.0. The summed E-state index contributed by atoms with van der Waals surface area (Å²) in [4.78, 5) is 11.6. The van der Waals surface area contributed by atoms with Gasteiger partial charge in [0.1, 0.15) is 11.3 Å². The number of carbonyl (C=O) groups is 1. The summed E-state index contributed by atoms with van der Waals surface area (Å²) >= 11 is 2.68. The van der Waals surface area contributed by atoms with Crippen LogP contribution in [-0.4, -0.2) is 21.9 Å². The lowest BCUT2D eigenvalue weighted by Crippen LogP contribution is -2.14. The molecule has 4 nitrogen and oxygen atoms in total. The first-order valence-electron chi connectivity index (χ1n) is 5.10. The average Bonchev–Trinajstić information content (AvgIpc) is 2.84. The molecule has 0 saturated carbocycles. The fraction of sp³-hybridized carbons (Fsp3) is 0.182. The van der Waals surface area contributed by atoms with Gasteiger partial charge in [0.15, 0.2) is 4.34 Å². The van der Waals surface area contributed by atoms with Crippen LogP contribution in [0.15, 0.2) is 28.0 Å². The summed E-state index contributed by atoms with van der Waals surface area (Å²) in [5.41, 5.74) is 2.62. The number of rotatable bonds is 4. The number of nitrogens with zero attached hydrogens (tertiary/aromatic N) is 2. The highest BCUT2D eigenvalue weighted by atomic mass is 32.2. The number of hydrogen-bond acceptors (Lipinski definition) is 5. The summed E-state index contributed by atoms with van der Waals surface area (Å²) < 4.78 is 14.0. The lowest BCUT2D eigenvalue weighted by molar-refractivity contribution is -0.113. The highest BCUT2D eigenvalue weighted by Gasteiger charge is 2.06. The standard InChI is InChI=1S/C11H10FN3OS2/c1-7-2-3-8(4-9(7)12)14-10(16)5-17-11-15-13-6-18-11/h2-4,6H,5H2,1H3,(H,14,16). The first-order valence-corrected chi connectivity index (χ1v) is 6.96. The minimum atomic E-state index is -0.329. The Morgan fingerprint density at radius 3 is 3.06 bits per heavy atom. The Hall–Kier alpha value is -1.47. The number of carbonyl (C=O) groups excluding carboxylic acids is 1. The van der Waals surface area contributed by atoms with Gasteiger partial charge in [0.25, 0.3) is 0 Å². The van der Waals surface area contributed by atoms with Gasteiger partial charge < -0.3 is 5.32 Å². The maximum Gasteiger partial charge on any atom is 0.234 e. The molecule has 1 amide bonds. The van der Waals surface area contributed by atoms with E-state index >= 15 is 0 Å². The molecule has 1 N–H and O–H groups in total. The van der Waals surface area contributed by atoms with Gasteiger partial charge in [-0.1, -0.05) is 29.2 Å². The molecule has 1 aromatic carbocycles. The van der Waals surface area contributed by atoms with Crippen LogP contribution in [0.25, 0.3) is 0 Å². The molecule has 1 heterocycles. The van der Waals surface area contributed by atoms with Gasteiger partial charge >= 0.3 is 0 Å². The highest BCUT2D eigenvalue weighted by Crippen LogP contribution is 2.19. The third-order valence-electron chi connectivity index (χ3n) is 2.12. The van der Waals surface area contributed by atoms with Crippen LogP contribution in [0.1, 0.15) is 5.56 Å². The smallest absolute Gasteiger partial charge is 0.234 e. The van der Waals surface area contributed by atoms with Crippen LogP contribution in [0.3, 0.4) is 0 Å². The molecule has 0 spiro atoms. The van der Waals surface area contributed by atoms with Crippen LogP contribution in [0.4, 0.5) is 10.1 Å². The molecular weight excluding hydrogens is 273 g/mol. The van der Waals surface area contributed by atoms with Crippen molar-refractivity contribution in [2.45, 2.75) is 11.3 Å². The number of nitrogens with one attached hydrogen (secondary N) is 1. The number of benzene rings is 1. The molecule has 0 aliphatic rings. The van der Waals surface area contributed by atoms with Crippen LogP contribution in [0.2, 0.25) is 0 Å². The number of aryl methyl sites for hydroxylation is 1. The number of aromatic nitrogens is 2. The van der Waals surface area contributed by atoms with Crippen LogP contribution in [-0.2, 0) is 4.79 Å². The molecule has 0 aliphatic heterocycles. The molecule has 0 fully saturated rings. The van der Waals surface area contributed by atoms with Crippen molar-refractivity contribution in [1.29, 1.82) is 0 Å². The number of amides is 1. The zero-order chi connectivity index (χ0) is 13.0. The normalized spacial score (nSPS) is 10.3. The molecule has 0 bridgehead atoms. The third kappa shape index (κ3) is 3.51. The van der Waals surface area contributed by atoms with Crippen molar-refractivity contribution in [3.8, 4) is 0 Å². The van der Waals surface area contributed by atoms with Gasteiger partial charge in [-0.3, -0.25) is 4.79 Å². The number of anilines is 1. The van der Waals surface area contributed by atoms with E-state index in [9.17, 15) is 9.18 Å². The van der Waals surface area contributed by atoms with Gasteiger partial charge in [-0.25, -0.2) is 4.39 Å². The molecule has 2 aromatic rings.